The van der Waals surface area contributed by atoms with Gasteiger partial charge in [-0.25, -0.2) is 0 Å². The van der Waals surface area contributed by atoms with Gasteiger partial charge in [0.2, 0.25) is 0 Å². The zero-order chi connectivity index (χ0) is 12.5. The van der Waals surface area contributed by atoms with Gasteiger partial charge >= 0.3 is 0 Å². The molecular weight excluding hydrogens is 210 g/mol. The van der Waals surface area contributed by atoms with Crippen molar-refractivity contribution < 1.29 is 4.74 Å². The molecule has 3 unspecified atom stereocenters. The van der Waals surface area contributed by atoms with Crippen LogP contribution >= 0.6 is 0 Å². The lowest BCUT2D eigenvalue weighted by molar-refractivity contribution is 0.0136. The second-order valence-corrected chi connectivity index (χ2v) is 5.72. The van der Waals surface area contributed by atoms with Crippen LogP contribution < -0.4 is 5.32 Å². The van der Waals surface area contributed by atoms with Crippen molar-refractivity contribution in [2.75, 3.05) is 13.2 Å². The van der Waals surface area contributed by atoms with Gasteiger partial charge in [0.05, 0.1) is 6.10 Å². The molecule has 3 atom stereocenters. The largest absolute Gasteiger partial charge is 0.378 e. The molecular formula is C15H31NO. The molecule has 0 heterocycles. The van der Waals surface area contributed by atoms with E-state index in [1.807, 2.05) is 0 Å². The molecule has 1 N–H and O–H groups in total. The highest BCUT2D eigenvalue weighted by Gasteiger charge is 2.18. The summed E-state index contributed by atoms with van der Waals surface area (Å²) in [6, 6.07) is 0.662. The maximum absolute atomic E-state index is 5.97. The lowest BCUT2D eigenvalue weighted by Gasteiger charge is -2.26. The molecule has 1 saturated carbocycles. The Hall–Kier alpha value is -0.0800. The molecule has 17 heavy (non-hydrogen) atoms. The lowest BCUT2D eigenvalue weighted by atomic mass is 9.89. The summed E-state index contributed by atoms with van der Waals surface area (Å²) in [5.41, 5.74) is 0. The van der Waals surface area contributed by atoms with Crippen LogP contribution in [0, 0.1) is 5.92 Å². The third-order valence-corrected chi connectivity index (χ3v) is 3.83. The molecule has 1 rings (SSSR count). The normalized spacial score (nSPS) is 27.0. The van der Waals surface area contributed by atoms with Gasteiger partial charge in [-0.3, -0.25) is 0 Å². The van der Waals surface area contributed by atoms with Gasteiger partial charge in [0.1, 0.15) is 0 Å². The summed E-state index contributed by atoms with van der Waals surface area (Å²) in [5.74, 6) is 0.877. The highest BCUT2D eigenvalue weighted by atomic mass is 16.5. The summed E-state index contributed by atoms with van der Waals surface area (Å²) >= 11 is 0. The second kappa shape index (κ2) is 8.93. The van der Waals surface area contributed by atoms with Gasteiger partial charge in [0.25, 0.3) is 0 Å². The number of hydrogen-bond acceptors (Lipinski definition) is 2. The molecule has 0 aromatic rings. The van der Waals surface area contributed by atoms with Crippen molar-refractivity contribution in [3.05, 3.63) is 0 Å². The Morgan fingerprint density at radius 1 is 1.29 bits per heavy atom. The zero-order valence-corrected chi connectivity index (χ0v) is 12.0. The lowest BCUT2D eigenvalue weighted by Crippen LogP contribution is -2.25. The first kappa shape index (κ1) is 15.0. The fraction of sp³-hybridized carbons (Fsp3) is 1.00. The first-order valence-corrected chi connectivity index (χ1v) is 7.57. The number of hydrogen-bond donors (Lipinski definition) is 1. The molecule has 102 valence electrons. The average molecular weight is 241 g/mol. The van der Waals surface area contributed by atoms with Crippen molar-refractivity contribution in [1.29, 1.82) is 0 Å². The predicted octanol–water partition coefficient (Wildman–Crippen LogP) is 3.75. The van der Waals surface area contributed by atoms with Crippen LogP contribution in [-0.2, 0) is 4.74 Å². The zero-order valence-electron chi connectivity index (χ0n) is 12.0. The molecule has 2 nitrogen and oxygen atoms in total. The third kappa shape index (κ3) is 7.05. The first-order chi connectivity index (χ1) is 8.22. The van der Waals surface area contributed by atoms with E-state index in [0.29, 0.717) is 12.1 Å². The van der Waals surface area contributed by atoms with E-state index >= 15 is 0 Å². The number of rotatable bonds is 8. The molecule has 1 aliphatic carbocycles. The minimum atomic E-state index is 0.560. The Morgan fingerprint density at radius 3 is 2.82 bits per heavy atom. The van der Waals surface area contributed by atoms with Crippen molar-refractivity contribution in [2.45, 2.75) is 77.9 Å². The molecule has 2 heteroatoms. The minimum Gasteiger partial charge on any atom is -0.378 e. The molecule has 1 fully saturated rings. The quantitative estimate of drug-likeness (QED) is 0.653. The van der Waals surface area contributed by atoms with Crippen LogP contribution in [0.1, 0.15) is 65.7 Å². The van der Waals surface area contributed by atoms with Crippen LogP contribution in [0.5, 0.6) is 0 Å². The molecule has 0 saturated heterocycles. The second-order valence-electron chi connectivity index (χ2n) is 5.72. The SMILES string of the molecule is CCNC(C)CCCCOC1CCCC(C)C1. The Labute approximate surface area is 108 Å². The summed E-state index contributed by atoms with van der Waals surface area (Å²) in [6.07, 6.45) is 9.69. The van der Waals surface area contributed by atoms with Crippen LogP contribution in [0.3, 0.4) is 0 Å². The van der Waals surface area contributed by atoms with Crippen molar-refractivity contribution in [3.63, 3.8) is 0 Å². The van der Waals surface area contributed by atoms with E-state index in [2.05, 4.69) is 26.1 Å². The standard InChI is InChI=1S/C15H31NO/c1-4-16-14(3)9-5-6-11-17-15-10-7-8-13(2)12-15/h13-16H,4-12H2,1-3H3. The molecule has 0 aromatic carbocycles. The predicted molar refractivity (Wildman–Crippen MR) is 74.4 cm³/mol. The third-order valence-electron chi connectivity index (χ3n) is 3.83. The van der Waals surface area contributed by atoms with Gasteiger partial charge in [-0.15, -0.1) is 0 Å². The van der Waals surface area contributed by atoms with Gasteiger partial charge in [-0.1, -0.05) is 26.7 Å². The first-order valence-electron chi connectivity index (χ1n) is 7.57. The van der Waals surface area contributed by atoms with E-state index in [1.54, 1.807) is 0 Å². The van der Waals surface area contributed by atoms with Gasteiger partial charge in [-0.2, -0.15) is 0 Å². The van der Waals surface area contributed by atoms with Crippen molar-refractivity contribution >= 4 is 0 Å². The minimum absolute atomic E-state index is 0.560. The van der Waals surface area contributed by atoms with Crippen LogP contribution in [0.25, 0.3) is 0 Å². The smallest absolute Gasteiger partial charge is 0.0577 e. The maximum Gasteiger partial charge on any atom is 0.0577 e. The van der Waals surface area contributed by atoms with Crippen molar-refractivity contribution in [2.24, 2.45) is 5.92 Å². The molecule has 0 radical (unpaired) electrons. The Kier molecular flexibility index (Phi) is 7.87. The Morgan fingerprint density at radius 2 is 2.12 bits per heavy atom. The monoisotopic (exact) mass is 241 g/mol. The van der Waals surface area contributed by atoms with E-state index in [0.717, 1.165) is 19.1 Å². The average Bonchev–Trinajstić information content (AvgIpc) is 2.29. The fourth-order valence-corrected chi connectivity index (χ4v) is 2.78. The molecule has 0 aliphatic heterocycles. The van der Waals surface area contributed by atoms with Crippen LogP contribution in [0.4, 0.5) is 0 Å². The number of ether oxygens (including phenoxy) is 1. The molecule has 1 aliphatic rings. The number of nitrogens with one attached hydrogen (secondary N) is 1. The topological polar surface area (TPSA) is 21.3 Å². The summed E-state index contributed by atoms with van der Waals surface area (Å²) in [5, 5.41) is 3.45. The van der Waals surface area contributed by atoms with Crippen molar-refractivity contribution in [1.82, 2.24) is 5.32 Å². The van der Waals surface area contributed by atoms with Gasteiger partial charge in [-0.05, 0) is 51.5 Å². The molecule has 0 bridgehead atoms. The highest BCUT2D eigenvalue weighted by Crippen LogP contribution is 2.25. The van der Waals surface area contributed by atoms with Crippen LogP contribution in [0.15, 0.2) is 0 Å². The van der Waals surface area contributed by atoms with E-state index in [9.17, 15) is 0 Å². The molecule has 0 spiro atoms. The van der Waals surface area contributed by atoms with Crippen molar-refractivity contribution in [3.8, 4) is 0 Å². The Bertz CT molecular complexity index is 184. The summed E-state index contributed by atoms with van der Waals surface area (Å²) < 4.78 is 5.97. The number of unbranched alkanes of at least 4 members (excludes halogenated alkanes) is 1. The fourth-order valence-electron chi connectivity index (χ4n) is 2.78. The van der Waals surface area contributed by atoms with E-state index < -0.39 is 0 Å². The summed E-state index contributed by atoms with van der Waals surface area (Å²) in [7, 11) is 0. The maximum atomic E-state index is 5.97. The van der Waals surface area contributed by atoms with E-state index in [-0.39, 0.29) is 0 Å². The van der Waals surface area contributed by atoms with E-state index in [1.165, 1.54) is 44.9 Å². The molecule has 0 aromatic heterocycles. The van der Waals surface area contributed by atoms with Crippen LogP contribution in [0.2, 0.25) is 0 Å². The Balaban J connectivity index is 1.93. The summed E-state index contributed by atoms with van der Waals surface area (Å²) in [4.78, 5) is 0. The van der Waals surface area contributed by atoms with Gasteiger partial charge < -0.3 is 10.1 Å². The van der Waals surface area contributed by atoms with Crippen LogP contribution in [-0.4, -0.2) is 25.3 Å². The molecule has 0 amide bonds. The van der Waals surface area contributed by atoms with Gasteiger partial charge in [0.15, 0.2) is 0 Å². The highest BCUT2D eigenvalue weighted by molar-refractivity contribution is 4.70. The van der Waals surface area contributed by atoms with E-state index in [4.69, 9.17) is 4.74 Å². The van der Waals surface area contributed by atoms with Gasteiger partial charge in [0, 0.05) is 12.6 Å². The summed E-state index contributed by atoms with van der Waals surface area (Å²) in [6.45, 7) is 8.85.